The fourth-order valence-electron chi connectivity index (χ4n) is 2.25. The standard InChI is InChI=1S/C13H22N2S/c1-10(2)15-7-6-12(9-15)14-8-13-5-4-11(3)16-13/h4-5,10,12,14H,6-9H2,1-3H3. The van der Waals surface area contributed by atoms with Crippen molar-refractivity contribution in [2.45, 2.75) is 45.8 Å². The third-order valence-corrected chi connectivity index (χ3v) is 4.31. The Morgan fingerprint density at radius 2 is 2.31 bits per heavy atom. The molecule has 2 heterocycles. The molecule has 2 rings (SSSR count). The van der Waals surface area contributed by atoms with Gasteiger partial charge in [0, 0.05) is 34.9 Å². The van der Waals surface area contributed by atoms with Gasteiger partial charge in [-0.15, -0.1) is 11.3 Å². The largest absolute Gasteiger partial charge is 0.308 e. The molecule has 1 fully saturated rings. The fourth-order valence-corrected chi connectivity index (χ4v) is 3.09. The first-order valence-electron chi connectivity index (χ1n) is 6.18. The van der Waals surface area contributed by atoms with Gasteiger partial charge in [-0.05, 0) is 45.9 Å². The molecule has 1 aromatic rings. The molecule has 0 amide bonds. The van der Waals surface area contributed by atoms with E-state index >= 15 is 0 Å². The van der Waals surface area contributed by atoms with Crippen LogP contribution in [0.2, 0.25) is 0 Å². The van der Waals surface area contributed by atoms with Crippen LogP contribution in [-0.2, 0) is 6.54 Å². The maximum absolute atomic E-state index is 3.66. The van der Waals surface area contributed by atoms with Crippen LogP contribution >= 0.6 is 11.3 Å². The van der Waals surface area contributed by atoms with E-state index in [0.717, 1.165) is 6.54 Å². The van der Waals surface area contributed by atoms with Gasteiger partial charge in [-0.1, -0.05) is 0 Å². The normalized spacial score (nSPS) is 22.1. The molecular formula is C13H22N2S. The van der Waals surface area contributed by atoms with Crippen molar-refractivity contribution in [3.8, 4) is 0 Å². The van der Waals surface area contributed by atoms with E-state index in [-0.39, 0.29) is 0 Å². The summed E-state index contributed by atoms with van der Waals surface area (Å²) in [5, 5.41) is 3.66. The Bertz CT molecular complexity index is 332. The van der Waals surface area contributed by atoms with E-state index in [4.69, 9.17) is 0 Å². The topological polar surface area (TPSA) is 15.3 Å². The highest BCUT2D eigenvalue weighted by atomic mass is 32.1. The summed E-state index contributed by atoms with van der Waals surface area (Å²) in [5.41, 5.74) is 0. The van der Waals surface area contributed by atoms with Crippen LogP contribution in [-0.4, -0.2) is 30.1 Å². The number of rotatable bonds is 4. The molecule has 0 spiro atoms. The van der Waals surface area contributed by atoms with Gasteiger partial charge in [-0.3, -0.25) is 4.90 Å². The van der Waals surface area contributed by atoms with Gasteiger partial charge in [0.2, 0.25) is 0 Å². The van der Waals surface area contributed by atoms with Gasteiger partial charge in [-0.25, -0.2) is 0 Å². The first kappa shape index (κ1) is 12.1. The third kappa shape index (κ3) is 3.06. The zero-order chi connectivity index (χ0) is 11.5. The molecule has 0 radical (unpaired) electrons. The molecule has 1 N–H and O–H groups in total. The number of thiophene rings is 1. The Kier molecular flexibility index (Phi) is 4.00. The summed E-state index contributed by atoms with van der Waals surface area (Å²) in [6.45, 7) is 10.2. The van der Waals surface area contributed by atoms with E-state index in [0.29, 0.717) is 12.1 Å². The second-order valence-corrected chi connectivity index (χ2v) is 6.34. The van der Waals surface area contributed by atoms with Crippen LogP contribution in [0.5, 0.6) is 0 Å². The van der Waals surface area contributed by atoms with Crippen molar-refractivity contribution >= 4 is 11.3 Å². The van der Waals surface area contributed by atoms with Crippen molar-refractivity contribution < 1.29 is 0 Å². The molecule has 1 aliphatic heterocycles. The van der Waals surface area contributed by atoms with Crippen LogP contribution in [0.1, 0.15) is 30.0 Å². The summed E-state index contributed by atoms with van der Waals surface area (Å²) in [7, 11) is 0. The highest BCUT2D eigenvalue weighted by Gasteiger charge is 2.23. The van der Waals surface area contributed by atoms with Crippen LogP contribution < -0.4 is 5.32 Å². The number of nitrogens with zero attached hydrogens (tertiary/aromatic N) is 1. The predicted molar refractivity (Wildman–Crippen MR) is 71.0 cm³/mol. The molecule has 16 heavy (non-hydrogen) atoms. The van der Waals surface area contributed by atoms with Crippen LogP contribution in [0.25, 0.3) is 0 Å². The van der Waals surface area contributed by atoms with Crippen LogP contribution in [0.3, 0.4) is 0 Å². The second kappa shape index (κ2) is 5.30. The maximum atomic E-state index is 3.66. The average Bonchev–Trinajstić information content (AvgIpc) is 2.83. The van der Waals surface area contributed by atoms with Crippen molar-refractivity contribution in [2.75, 3.05) is 13.1 Å². The Morgan fingerprint density at radius 1 is 1.50 bits per heavy atom. The van der Waals surface area contributed by atoms with Crippen molar-refractivity contribution in [3.63, 3.8) is 0 Å². The molecule has 1 aromatic heterocycles. The molecule has 0 aliphatic carbocycles. The Labute approximate surface area is 103 Å². The summed E-state index contributed by atoms with van der Waals surface area (Å²) in [4.78, 5) is 5.42. The van der Waals surface area contributed by atoms with Gasteiger partial charge < -0.3 is 5.32 Å². The second-order valence-electron chi connectivity index (χ2n) is 4.97. The fraction of sp³-hybridized carbons (Fsp3) is 0.692. The van der Waals surface area contributed by atoms with Crippen molar-refractivity contribution in [2.24, 2.45) is 0 Å². The molecular weight excluding hydrogens is 216 g/mol. The number of aryl methyl sites for hydroxylation is 1. The SMILES string of the molecule is Cc1ccc(CNC2CCN(C(C)C)C2)s1. The zero-order valence-corrected chi connectivity index (χ0v) is 11.3. The zero-order valence-electron chi connectivity index (χ0n) is 10.5. The summed E-state index contributed by atoms with van der Waals surface area (Å²) >= 11 is 1.90. The molecule has 0 saturated carbocycles. The van der Waals surface area contributed by atoms with Crippen LogP contribution in [0.4, 0.5) is 0 Å². The summed E-state index contributed by atoms with van der Waals surface area (Å²) in [6.07, 6.45) is 1.29. The smallest absolute Gasteiger partial charge is 0.0302 e. The van der Waals surface area contributed by atoms with Crippen LogP contribution in [0, 0.1) is 6.92 Å². The molecule has 90 valence electrons. The maximum Gasteiger partial charge on any atom is 0.0302 e. The molecule has 0 bridgehead atoms. The van der Waals surface area contributed by atoms with Gasteiger partial charge in [0.15, 0.2) is 0 Å². The van der Waals surface area contributed by atoms with E-state index in [2.05, 4.69) is 43.1 Å². The van der Waals surface area contributed by atoms with Gasteiger partial charge >= 0.3 is 0 Å². The Morgan fingerprint density at radius 3 is 2.88 bits per heavy atom. The molecule has 2 nitrogen and oxygen atoms in total. The quantitative estimate of drug-likeness (QED) is 0.867. The number of nitrogens with one attached hydrogen (secondary N) is 1. The highest BCUT2D eigenvalue weighted by molar-refractivity contribution is 7.11. The summed E-state index contributed by atoms with van der Waals surface area (Å²) in [5.74, 6) is 0. The number of hydrogen-bond donors (Lipinski definition) is 1. The highest BCUT2D eigenvalue weighted by Crippen LogP contribution is 2.17. The predicted octanol–water partition coefficient (Wildman–Crippen LogP) is 2.63. The van der Waals surface area contributed by atoms with Gasteiger partial charge in [0.05, 0.1) is 0 Å². The minimum Gasteiger partial charge on any atom is -0.308 e. The van der Waals surface area contributed by atoms with E-state index in [1.165, 1.54) is 29.3 Å². The third-order valence-electron chi connectivity index (χ3n) is 3.31. The molecule has 0 aromatic carbocycles. The monoisotopic (exact) mass is 238 g/mol. The Hall–Kier alpha value is -0.380. The van der Waals surface area contributed by atoms with E-state index in [9.17, 15) is 0 Å². The van der Waals surface area contributed by atoms with E-state index in [1.54, 1.807) is 0 Å². The first-order chi connectivity index (χ1) is 7.65. The molecule has 1 atom stereocenters. The molecule has 3 heteroatoms. The lowest BCUT2D eigenvalue weighted by molar-refractivity contribution is 0.268. The Balaban J connectivity index is 1.75. The van der Waals surface area contributed by atoms with Crippen LogP contribution in [0.15, 0.2) is 12.1 Å². The van der Waals surface area contributed by atoms with E-state index in [1.807, 2.05) is 11.3 Å². The minimum absolute atomic E-state index is 0.685. The van der Waals surface area contributed by atoms with E-state index < -0.39 is 0 Å². The summed E-state index contributed by atoms with van der Waals surface area (Å²) in [6, 6.07) is 5.82. The van der Waals surface area contributed by atoms with Crippen molar-refractivity contribution in [1.29, 1.82) is 0 Å². The lowest BCUT2D eigenvalue weighted by Crippen LogP contribution is -2.34. The molecule has 1 unspecified atom stereocenters. The van der Waals surface area contributed by atoms with Gasteiger partial charge in [-0.2, -0.15) is 0 Å². The summed E-state index contributed by atoms with van der Waals surface area (Å²) < 4.78 is 0. The van der Waals surface area contributed by atoms with Gasteiger partial charge in [0.1, 0.15) is 0 Å². The minimum atomic E-state index is 0.685. The molecule has 1 aliphatic rings. The number of hydrogen-bond acceptors (Lipinski definition) is 3. The van der Waals surface area contributed by atoms with Crippen molar-refractivity contribution in [3.05, 3.63) is 21.9 Å². The molecule has 1 saturated heterocycles. The first-order valence-corrected chi connectivity index (χ1v) is 6.99. The lowest BCUT2D eigenvalue weighted by atomic mass is 10.2. The number of likely N-dealkylation sites (tertiary alicyclic amines) is 1. The average molecular weight is 238 g/mol. The van der Waals surface area contributed by atoms with Crippen molar-refractivity contribution in [1.82, 2.24) is 10.2 Å². The van der Waals surface area contributed by atoms with Gasteiger partial charge in [0.25, 0.3) is 0 Å². The lowest BCUT2D eigenvalue weighted by Gasteiger charge is -2.20.